The van der Waals surface area contributed by atoms with Crippen molar-refractivity contribution >= 4 is 23.2 Å². The topological polar surface area (TPSA) is 43.2 Å². The molecule has 134 valence electrons. The van der Waals surface area contributed by atoms with Gasteiger partial charge in [-0.3, -0.25) is 4.57 Å². The van der Waals surface area contributed by atoms with Gasteiger partial charge in [-0.05, 0) is 38.4 Å². The van der Waals surface area contributed by atoms with E-state index in [0.717, 1.165) is 28.5 Å². The average Bonchev–Trinajstić information content (AvgIpc) is 2.91. The minimum Gasteiger partial charge on any atom is -0.361 e. The van der Waals surface area contributed by atoms with Crippen LogP contribution in [-0.4, -0.2) is 33.8 Å². The largest absolute Gasteiger partial charge is 0.361 e. The molecule has 0 bridgehead atoms. The second-order valence-electron chi connectivity index (χ2n) is 6.52. The third-order valence-corrected chi connectivity index (χ3v) is 4.91. The summed E-state index contributed by atoms with van der Waals surface area (Å²) in [5.74, 6) is 1.62. The number of hydrogen-bond acceptors (Lipinski definition) is 4. The zero-order valence-corrected chi connectivity index (χ0v) is 16.0. The second-order valence-corrected chi connectivity index (χ2v) is 7.36. The molecule has 1 atom stereocenters. The molecule has 0 saturated carbocycles. The predicted octanol–water partition coefficient (Wildman–Crippen LogP) is 4.26. The molecule has 0 radical (unpaired) electrons. The summed E-state index contributed by atoms with van der Waals surface area (Å²) in [6, 6.07) is 13.5. The highest BCUT2D eigenvalue weighted by Gasteiger charge is 2.28. The summed E-state index contributed by atoms with van der Waals surface area (Å²) in [6.07, 6.45) is -0.327. The highest BCUT2D eigenvalue weighted by molar-refractivity contribution is 6.31. The second kappa shape index (κ2) is 7.00. The van der Waals surface area contributed by atoms with Gasteiger partial charge in [-0.25, -0.2) is 0 Å². The molecule has 5 nitrogen and oxygen atoms in total. The van der Waals surface area contributed by atoms with Crippen molar-refractivity contribution in [3.63, 3.8) is 0 Å². The Bertz CT molecular complexity index is 954. The normalized spacial score (nSPS) is 16.3. The maximum atomic E-state index is 6.45. The zero-order chi connectivity index (χ0) is 18.3. The quantitative estimate of drug-likeness (QED) is 0.672. The van der Waals surface area contributed by atoms with Gasteiger partial charge >= 0.3 is 0 Å². The molecule has 0 aliphatic carbocycles. The lowest BCUT2D eigenvalue weighted by molar-refractivity contribution is 0.0655. The minimum absolute atomic E-state index is 0.327. The minimum atomic E-state index is -0.327. The van der Waals surface area contributed by atoms with Crippen molar-refractivity contribution in [3.8, 4) is 5.69 Å². The van der Waals surface area contributed by atoms with Gasteiger partial charge in [0, 0.05) is 21.2 Å². The summed E-state index contributed by atoms with van der Waals surface area (Å²) >= 11 is 12.8. The van der Waals surface area contributed by atoms with Gasteiger partial charge in [0.1, 0.15) is 12.7 Å². The van der Waals surface area contributed by atoms with E-state index in [1.54, 1.807) is 0 Å². The van der Waals surface area contributed by atoms with Crippen LogP contribution in [0.3, 0.4) is 0 Å². The SMILES string of the molecule is CN(C)Cc1nnc2n1-c1ccc(Cl)cc1C(c1ccccc1Cl)OC2. The van der Waals surface area contributed by atoms with Gasteiger partial charge in [0.25, 0.3) is 0 Å². The van der Waals surface area contributed by atoms with E-state index in [1.807, 2.05) is 56.6 Å². The molecule has 26 heavy (non-hydrogen) atoms. The van der Waals surface area contributed by atoms with Gasteiger partial charge in [0.2, 0.25) is 0 Å². The van der Waals surface area contributed by atoms with Gasteiger partial charge in [0.15, 0.2) is 11.6 Å². The molecule has 1 aliphatic heterocycles. The molecule has 0 fully saturated rings. The molecule has 0 spiro atoms. The first-order valence-corrected chi connectivity index (χ1v) is 9.04. The van der Waals surface area contributed by atoms with Gasteiger partial charge in [-0.2, -0.15) is 0 Å². The summed E-state index contributed by atoms with van der Waals surface area (Å²) in [7, 11) is 4.01. The molecule has 0 N–H and O–H groups in total. The number of nitrogens with zero attached hydrogens (tertiary/aromatic N) is 4. The molecule has 0 saturated heterocycles. The number of ether oxygens (including phenoxy) is 1. The fraction of sp³-hybridized carbons (Fsp3) is 0.263. The molecule has 1 aromatic heterocycles. The van der Waals surface area contributed by atoms with Crippen molar-refractivity contribution in [1.29, 1.82) is 0 Å². The summed E-state index contributed by atoms with van der Waals surface area (Å²) in [4.78, 5) is 2.06. The molecular weight excluding hydrogens is 371 g/mol. The van der Waals surface area contributed by atoms with Crippen LogP contribution in [0.4, 0.5) is 0 Å². The Balaban J connectivity index is 1.91. The van der Waals surface area contributed by atoms with Crippen LogP contribution >= 0.6 is 23.2 Å². The fourth-order valence-corrected chi connectivity index (χ4v) is 3.66. The van der Waals surface area contributed by atoms with Gasteiger partial charge in [-0.1, -0.05) is 41.4 Å². The first-order valence-electron chi connectivity index (χ1n) is 8.28. The molecule has 7 heteroatoms. The van der Waals surface area contributed by atoms with E-state index in [9.17, 15) is 0 Å². The van der Waals surface area contributed by atoms with Crippen molar-refractivity contribution in [3.05, 3.63) is 75.3 Å². The number of halogens is 2. The first-order chi connectivity index (χ1) is 12.5. The number of fused-ring (bicyclic) bond motifs is 3. The molecule has 2 heterocycles. The van der Waals surface area contributed by atoms with Gasteiger partial charge in [-0.15, -0.1) is 10.2 Å². The number of aromatic nitrogens is 3. The van der Waals surface area contributed by atoms with E-state index in [2.05, 4.69) is 19.7 Å². The average molecular weight is 389 g/mol. The first kappa shape index (κ1) is 17.5. The van der Waals surface area contributed by atoms with E-state index in [4.69, 9.17) is 27.9 Å². The monoisotopic (exact) mass is 388 g/mol. The molecule has 2 aromatic carbocycles. The van der Waals surface area contributed by atoms with Crippen LogP contribution in [0.15, 0.2) is 42.5 Å². The zero-order valence-electron chi connectivity index (χ0n) is 14.5. The van der Waals surface area contributed by atoms with E-state index < -0.39 is 0 Å². The highest BCUT2D eigenvalue weighted by Crippen LogP contribution is 2.39. The lowest BCUT2D eigenvalue weighted by Crippen LogP contribution is -2.16. The van der Waals surface area contributed by atoms with Crippen LogP contribution in [0.1, 0.15) is 28.9 Å². The summed E-state index contributed by atoms with van der Waals surface area (Å²) in [5, 5.41) is 10.00. The van der Waals surface area contributed by atoms with E-state index >= 15 is 0 Å². The highest BCUT2D eigenvalue weighted by atomic mass is 35.5. The summed E-state index contributed by atoms with van der Waals surface area (Å²) in [6.45, 7) is 1.01. The molecular formula is C19H18Cl2N4O. The van der Waals surface area contributed by atoms with Gasteiger partial charge in [0.05, 0.1) is 12.2 Å². The van der Waals surface area contributed by atoms with Crippen LogP contribution in [0.5, 0.6) is 0 Å². The number of benzene rings is 2. The number of rotatable bonds is 3. The van der Waals surface area contributed by atoms with Crippen LogP contribution in [-0.2, 0) is 17.9 Å². The van der Waals surface area contributed by atoms with Gasteiger partial charge < -0.3 is 9.64 Å². The molecule has 1 unspecified atom stereocenters. The van der Waals surface area contributed by atoms with Crippen molar-refractivity contribution < 1.29 is 4.74 Å². The van der Waals surface area contributed by atoms with Crippen LogP contribution in [0, 0.1) is 0 Å². The molecule has 1 aliphatic rings. The Labute approximate surface area is 162 Å². The lowest BCUT2D eigenvalue weighted by Gasteiger charge is -2.20. The maximum Gasteiger partial charge on any atom is 0.163 e. The third kappa shape index (κ3) is 3.12. The Morgan fingerprint density at radius 2 is 1.92 bits per heavy atom. The summed E-state index contributed by atoms with van der Waals surface area (Å²) < 4.78 is 8.27. The van der Waals surface area contributed by atoms with Crippen molar-refractivity contribution in [2.24, 2.45) is 0 Å². The third-order valence-electron chi connectivity index (χ3n) is 4.33. The Morgan fingerprint density at radius 3 is 2.69 bits per heavy atom. The Hall–Kier alpha value is -1.92. The molecule has 4 rings (SSSR count). The van der Waals surface area contributed by atoms with E-state index in [0.29, 0.717) is 23.2 Å². The lowest BCUT2D eigenvalue weighted by atomic mass is 9.99. The van der Waals surface area contributed by atoms with Crippen molar-refractivity contribution in [2.75, 3.05) is 14.1 Å². The number of hydrogen-bond donors (Lipinski definition) is 0. The summed E-state index contributed by atoms with van der Waals surface area (Å²) in [5.41, 5.74) is 2.82. The Kier molecular flexibility index (Phi) is 4.71. The molecule has 3 aromatic rings. The van der Waals surface area contributed by atoms with Crippen molar-refractivity contribution in [1.82, 2.24) is 19.7 Å². The fourth-order valence-electron chi connectivity index (χ4n) is 3.24. The van der Waals surface area contributed by atoms with Crippen LogP contribution in [0.25, 0.3) is 5.69 Å². The van der Waals surface area contributed by atoms with E-state index in [1.165, 1.54) is 0 Å². The maximum absolute atomic E-state index is 6.45. The van der Waals surface area contributed by atoms with Crippen LogP contribution in [0.2, 0.25) is 10.0 Å². The van der Waals surface area contributed by atoms with Crippen molar-refractivity contribution in [2.45, 2.75) is 19.3 Å². The Morgan fingerprint density at radius 1 is 1.12 bits per heavy atom. The standard InChI is InChI=1S/C19H18Cl2N4O/c1-24(2)10-17-22-23-18-11-26-19(13-5-3-4-6-15(13)21)14-9-12(20)7-8-16(14)25(17)18/h3-9,19H,10-11H2,1-2H3. The predicted molar refractivity (Wildman–Crippen MR) is 102 cm³/mol. The molecule has 0 amide bonds. The smallest absolute Gasteiger partial charge is 0.163 e. The van der Waals surface area contributed by atoms with E-state index in [-0.39, 0.29) is 6.10 Å². The van der Waals surface area contributed by atoms with Crippen LogP contribution < -0.4 is 0 Å².